The number of carboxylic acid groups (broad SMARTS) is 1. The summed E-state index contributed by atoms with van der Waals surface area (Å²) in [6.45, 7) is 3.16. The van der Waals surface area contributed by atoms with Crippen molar-refractivity contribution in [1.29, 1.82) is 0 Å². The number of carboxylic acids is 1. The Labute approximate surface area is 132 Å². The predicted octanol–water partition coefficient (Wildman–Crippen LogP) is 3.11. The molecule has 2 atom stereocenters. The number of rotatable bonds is 5. The minimum absolute atomic E-state index is 0.0142. The molecule has 1 aromatic carbocycles. The Balaban J connectivity index is 2.15. The molecule has 2 rings (SSSR count). The summed E-state index contributed by atoms with van der Waals surface area (Å²) in [4.78, 5) is 10.7. The van der Waals surface area contributed by atoms with Crippen LogP contribution in [0.1, 0.15) is 37.8 Å². The lowest BCUT2D eigenvalue weighted by Gasteiger charge is -2.19. The first-order valence-electron chi connectivity index (χ1n) is 7.03. The molecule has 0 saturated carbocycles. The molecular weight excluding hydrogens is 338 g/mol. The first-order chi connectivity index (χ1) is 9.97. The molecule has 0 amide bonds. The van der Waals surface area contributed by atoms with Gasteiger partial charge >= 0.3 is 5.97 Å². The van der Waals surface area contributed by atoms with Crippen LogP contribution in [-0.2, 0) is 4.79 Å². The van der Waals surface area contributed by atoms with Crippen LogP contribution < -0.4 is 15.2 Å². The smallest absolute Gasteiger partial charge is 0.303 e. The topological polar surface area (TPSA) is 81.8 Å². The fourth-order valence-electron chi connectivity index (χ4n) is 2.43. The van der Waals surface area contributed by atoms with Crippen molar-refractivity contribution in [2.45, 2.75) is 32.2 Å². The minimum atomic E-state index is -0.799. The van der Waals surface area contributed by atoms with Gasteiger partial charge in [0.05, 0.1) is 13.2 Å². The molecule has 1 aromatic rings. The van der Waals surface area contributed by atoms with E-state index in [1.165, 1.54) is 0 Å². The summed E-state index contributed by atoms with van der Waals surface area (Å²) in [5.41, 5.74) is 7.14. The summed E-state index contributed by atoms with van der Waals surface area (Å²) in [7, 11) is 0. The molecule has 5 nitrogen and oxygen atoms in total. The van der Waals surface area contributed by atoms with E-state index in [1.54, 1.807) is 0 Å². The van der Waals surface area contributed by atoms with Crippen LogP contribution in [0.15, 0.2) is 16.6 Å². The van der Waals surface area contributed by atoms with Crippen molar-refractivity contribution in [2.75, 3.05) is 13.2 Å². The average molecular weight is 358 g/mol. The molecule has 0 spiro atoms. The van der Waals surface area contributed by atoms with Gasteiger partial charge in [-0.2, -0.15) is 0 Å². The van der Waals surface area contributed by atoms with E-state index in [1.807, 2.05) is 19.1 Å². The highest BCUT2D eigenvalue weighted by Crippen LogP contribution is 2.38. The van der Waals surface area contributed by atoms with Crippen molar-refractivity contribution in [3.63, 3.8) is 0 Å². The summed E-state index contributed by atoms with van der Waals surface area (Å²) in [5.74, 6) is 0.633. The Kier molecular flexibility index (Phi) is 5.47. The van der Waals surface area contributed by atoms with Crippen molar-refractivity contribution in [3.8, 4) is 11.5 Å². The zero-order valence-corrected chi connectivity index (χ0v) is 13.6. The maximum absolute atomic E-state index is 10.7. The Morgan fingerprint density at radius 3 is 2.62 bits per heavy atom. The lowest BCUT2D eigenvalue weighted by molar-refractivity contribution is -0.138. The van der Waals surface area contributed by atoms with Crippen molar-refractivity contribution < 1.29 is 19.4 Å². The van der Waals surface area contributed by atoms with E-state index in [9.17, 15) is 4.79 Å². The number of benzene rings is 1. The molecule has 1 aliphatic heterocycles. The minimum Gasteiger partial charge on any atom is -0.490 e. The summed E-state index contributed by atoms with van der Waals surface area (Å²) < 4.78 is 12.2. The quantitative estimate of drug-likeness (QED) is 0.845. The van der Waals surface area contributed by atoms with Crippen LogP contribution >= 0.6 is 15.9 Å². The van der Waals surface area contributed by atoms with Gasteiger partial charge in [0.25, 0.3) is 0 Å². The molecule has 0 radical (unpaired) electrons. The van der Waals surface area contributed by atoms with Crippen molar-refractivity contribution in [2.24, 2.45) is 11.7 Å². The zero-order chi connectivity index (χ0) is 15.4. The molecule has 1 aliphatic rings. The second kappa shape index (κ2) is 7.13. The summed E-state index contributed by atoms with van der Waals surface area (Å²) in [6, 6.07) is 3.52. The molecule has 0 bridgehead atoms. The lowest BCUT2D eigenvalue weighted by atomic mass is 9.94. The number of aliphatic carboxylic acids is 1. The van der Waals surface area contributed by atoms with E-state index in [0.29, 0.717) is 31.1 Å². The van der Waals surface area contributed by atoms with Crippen LogP contribution in [0.4, 0.5) is 0 Å². The van der Waals surface area contributed by atoms with Gasteiger partial charge in [0.2, 0.25) is 0 Å². The van der Waals surface area contributed by atoms with Crippen molar-refractivity contribution >= 4 is 21.9 Å². The van der Waals surface area contributed by atoms with Gasteiger partial charge in [0, 0.05) is 23.4 Å². The van der Waals surface area contributed by atoms with Crippen molar-refractivity contribution in [1.82, 2.24) is 0 Å². The number of carbonyl (C=O) groups is 1. The SMILES string of the molecule is CC(CC(=O)O)CC(N)c1cc2c(cc1Br)OCCCO2. The fourth-order valence-corrected chi connectivity index (χ4v) is 3.04. The molecule has 0 aromatic heterocycles. The predicted molar refractivity (Wildman–Crippen MR) is 82.7 cm³/mol. The maximum Gasteiger partial charge on any atom is 0.303 e. The largest absolute Gasteiger partial charge is 0.490 e. The van der Waals surface area contributed by atoms with Gasteiger partial charge in [-0.3, -0.25) is 4.79 Å². The standard InChI is InChI=1S/C15H20BrNO4/c1-9(6-15(18)19)5-12(17)10-7-13-14(8-11(10)16)21-4-2-3-20-13/h7-9,12H,2-6,17H2,1H3,(H,18,19). The summed E-state index contributed by atoms with van der Waals surface area (Å²) in [6.07, 6.45) is 1.57. The third-order valence-corrected chi connectivity index (χ3v) is 4.13. The van der Waals surface area contributed by atoms with Crippen LogP contribution in [0.25, 0.3) is 0 Å². The third kappa shape index (κ3) is 4.35. The molecule has 3 N–H and O–H groups in total. The van der Waals surface area contributed by atoms with Gasteiger partial charge < -0.3 is 20.3 Å². The number of fused-ring (bicyclic) bond motifs is 1. The number of nitrogens with two attached hydrogens (primary N) is 1. The summed E-state index contributed by atoms with van der Waals surface area (Å²) >= 11 is 3.51. The second-order valence-electron chi connectivity index (χ2n) is 5.42. The molecule has 21 heavy (non-hydrogen) atoms. The summed E-state index contributed by atoms with van der Waals surface area (Å²) in [5, 5.41) is 8.82. The average Bonchev–Trinajstić information content (AvgIpc) is 2.61. The molecule has 0 aliphatic carbocycles. The number of halogens is 1. The van der Waals surface area contributed by atoms with Gasteiger partial charge in [-0.15, -0.1) is 0 Å². The number of hydrogen-bond acceptors (Lipinski definition) is 4. The Hall–Kier alpha value is -1.27. The third-order valence-electron chi connectivity index (χ3n) is 3.45. The van der Waals surface area contributed by atoms with Crippen molar-refractivity contribution in [3.05, 3.63) is 22.2 Å². The van der Waals surface area contributed by atoms with Crippen LogP contribution in [-0.4, -0.2) is 24.3 Å². The van der Waals surface area contributed by atoms with Gasteiger partial charge in [0.15, 0.2) is 11.5 Å². The zero-order valence-electron chi connectivity index (χ0n) is 12.0. The normalized spacial score (nSPS) is 16.9. The van der Waals surface area contributed by atoms with E-state index in [-0.39, 0.29) is 18.4 Å². The lowest BCUT2D eigenvalue weighted by Crippen LogP contribution is -2.16. The fraction of sp³-hybridized carbons (Fsp3) is 0.533. The van der Waals surface area contributed by atoms with Crippen LogP contribution in [0, 0.1) is 5.92 Å². The monoisotopic (exact) mass is 357 g/mol. The first kappa shape index (κ1) is 16.1. The van der Waals surface area contributed by atoms with Crippen LogP contribution in [0.5, 0.6) is 11.5 Å². The molecule has 0 saturated heterocycles. The second-order valence-corrected chi connectivity index (χ2v) is 6.27. The maximum atomic E-state index is 10.7. The van der Waals surface area contributed by atoms with Gasteiger partial charge in [0.1, 0.15) is 0 Å². The highest BCUT2D eigenvalue weighted by Gasteiger charge is 2.20. The van der Waals surface area contributed by atoms with Gasteiger partial charge in [-0.25, -0.2) is 0 Å². The Morgan fingerprint density at radius 2 is 2.00 bits per heavy atom. The number of hydrogen-bond donors (Lipinski definition) is 2. The van der Waals surface area contributed by atoms with E-state index in [4.69, 9.17) is 20.3 Å². The van der Waals surface area contributed by atoms with E-state index in [2.05, 4.69) is 15.9 Å². The Morgan fingerprint density at radius 1 is 1.38 bits per heavy atom. The molecule has 116 valence electrons. The molecule has 0 fully saturated rings. The van der Waals surface area contributed by atoms with Crippen LogP contribution in [0.2, 0.25) is 0 Å². The molecule has 2 unspecified atom stereocenters. The van der Waals surface area contributed by atoms with Gasteiger partial charge in [-0.1, -0.05) is 22.9 Å². The van der Waals surface area contributed by atoms with E-state index < -0.39 is 5.97 Å². The molecule has 6 heteroatoms. The molecule has 1 heterocycles. The van der Waals surface area contributed by atoms with Crippen LogP contribution in [0.3, 0.4) is 0 Å². The van der Waals surface area contributed by atoms with E-state index >= 15 is 0 Å². The number of ether oxygens (including phenoxy) is 2. The molecular formula is C15H20BrNO4. The van der Waals surface area contributed by atoms with Gasteiger partial charge in [-0.05, 0) is 30.0 Å². The highest BCUT2D eigenvalue weighted by atomic mass is 79.9. The Bertz CT molecular complexity index is 521. The highest BCUT2D eigenvalue weighted by molar-refractivity contribution is 9.10. The van der Waals surface area contributed by atoms with E-state index in [0.717, 1.165) is 16.5 Å². The first-order valence-corrected chi connectivity index (χ1v) is 7.83.